The Labute approximate surface area is 364 Å². The van der Waals surface area contributed by atoms with Gasteiger partial charge < -0.3 is 43.6 Å². The molecule has 3 aromatic carbocycles. The summed E-state index contributed by atoms with van der Waals surface area (Å²) in [6, 6.07) is 18.1. The van der Waals surface area contributed by atoms with Gasteiger partial charge in [0.05, 0.1) is 18.2 Å². The Bertz CT molecular complexity index is 2170. The maximum Gasteiger partial charge on any atom is 0.239 e. The van der Waals surface area contributed by atoms with Crippen molar-refractivity contribution in [2.45, 2.75) is 108 Å². The molecule has 5 aliphatic rings. The molecule has 0 unspecified atom stereocenters. The number of aliphatic hydroxyl groups excluding tert-OH is 2. The predicted octanol–water partition coefficient (Wildman–Crippen LogP) is 8.89. The Kier molecular flexibility index (Phi) is 13.1. The summed E-state index contributed by atoms with van der Waals surface area (Å²) < 4.78 is 32.5. The van der Waals surface area contributed by atoms with Crippen LogP contribution in [0.1, 0.15) is 106 Å². The Morgan fingerprint density at radius 1 is 0.952 bits per heavy atom. The van der Waals surface area contributed by atoms with Crippen molar-refractivity contribution >= 4 is 17.9 Å². The first-order chi connectivity index (χ1) is 30.0. The maximum atomic E-state index is 14.9. The van der Waals surface area contributed by atoms with Crippen molar-refractivity contribution in [1.82, 2.24) is 4.90 Å². The second-order valence-electron chi connectivity index (χ2n) is 18.2. The molecule has 8 rings (SSSR count). The van der Waals surface area contributed by atoms with Gasteiger partial charge in [-0.3, -0.25) is 9.59 Å². The van der Waals surface area contributed by atoms with Crippen molar-refractivity contribution in [3.05, 3.63) is 102 Å². The summed E-state index contributed by atoms with van der Waals surface area (Å²) >= 11 is 0. The number of unbranched alkanes of at least 4 members (excludes halogenated alkanes) is 2. The van der Waals surface area contributed by atoms with Gasteiger partial charge in [0.25, 0.3) is 0 Å². The van der Waals surface area contributed by atoms with E-state index < -0.39 is 23.3 Å². The maximum absolute atomic E-state index is 14.9. The van der Waals surface area contributed by atoms with Crippen molar-refractivity contribution in [1.29, 1.82) is 0 Å². The van der Waals surface area contributed by atoms with Gasteiger partial charge in [0.1, 0.15) is 35.2 Å². The first-order valence-electron chi connectivity index (χ1n) is 22.2. The molecular weight excluding hydrogens is 789 g/mol. The minimum atomic E-state index is -1.40. The number of nitrogens with zero attached hydrogens (tertiary/aromatic N) is 2. The van der Waals surface area contributed by atoms with Crippen LogP contribution >= 0.6 is 0 Å². The van der Waals surface area contributed by atoms with Crippen molar-refractivity contribution in [3.8, 4) is 28.7 Å². The number of hydrogen-bond donors (Lipinski definition) is 2. The summed E-state index contributed by atoms with van der Waals surface area (Å²) in [6.07, 6.45) is 11.4. The molecule has 2 heterocycles. The molecule has 2 N–H and O–H groups in total. The third-order valence-corrected chi connectivity index (χ3v) is 12.7. The quantitative estimate of drug-likeness (QED) is 0.0519. The number of hydrogen-bond acceptors (Lipinski definition) is 11. The van der Waals surface area contributed by atoms with Gasteiger partial charge in [-0.1, -0.05) is 48.3 Å². The molecule has 12 nitrogen and oxygen atoms in total. The van der Waals surface area contributed by atoms with E-state index in [1.54, 1.807) is 24.3 Å². The zero-order chi connectivity index (χ0) is 43.4. The van der Waals surface area contributed by atoms with E-state index in [2.05, 4.69) is 12.7 Å². The van der Waals surface area contributed by atoms with Gasteiger partial charge in [-0.15, -0.1) is 6.58 Å². The van der Waals surface area contributed by atoms with Gasteiger partial charge in [-0.05, 0) is 125 Å². The minimum absolute atomic E-state index is 0.0298. The van der Waals surface area contributed by atoms with Crippen LogP contribution in [0.2, 0.25) is 0 Å². The molecule has 12 heteroatoms. The van der Waals surface area contributed by atoms with Crippen molar-refractivity contribution < 1.29 is 48.3 Å². The van der Waals surface area contributed by atoms with Gasteiger partial charge in [0, 0.05) is 49.1 Å². The van der Waals surface area contributed by atoms with Crippen molar-refractivity contribution in [2.75, 3.05) is 26.6 Å². The van der Waals surface area contributed by atoms with Gasteiger partial charge >= 0.3 is 0 Å². The zero-order valence-electron chi connectivity index (χ0n) is 36.1. The zero-order valence-corrected chi connectivity index (χ0v) is 36.1. The lowest BCUT2D eigenvalue weighted by molar-refractivity contribution is -0.258. The van der Waals surface area contributed by atoms with Crippen LogP contribution in [0, 0.1) is 23.7 Å². The molecule has 0 saturated heterocycles. The van der Waals surface area contributed by atoms with E-state index in [9.17, 15) is 19.8 Å². The van der Waals surface area contributed by atoms with E-state index in [4.69, 9.17) is 33.7 Å². The molecule has 6 atom stereocenters. The molecule has 0 radical (unpaired) electrons. The monoisotopic (exact) mass is 848 g/mol. The van der Waals surface area contributed by atoms with Crippen LogP contribution in [0.25, 0.3) is 0 Å². The Morgan fingerprint density at radius 2 is 1.71 bits per heavy atom. The number of rotatable bonds is 19. The molecule has 2 fully saturated rings. The van der Waals surface area contributed by atoms with Crippen LogP contribution in [-0.2, 0) is 20.9 Å². The third-order valence-electron chi connectivity index (χ3n) is 12.7. The van der Waals surface area contributed by atoms with E-state index in [1.165, 1.54) is 0 Å². The summed E-state index contributed by atoms with van der Waals surface area (Å²) in [4.78, 5) is 34.9. The van der Waals surface area contributed by atoms with Gasteiger partial charge in [-0.25, -0.2) is 0 Å². The number of ether oxygens (including phenoxy) is 5. The lowest BCUT2D eigenvalue weighted by atomic mass is 9.55. The smallest absolute Gasteiger partial charge is 0.239 e. The fraction of sp³-hybridized carbons (Fsp3) is 0.500. The number of allylic oxidation sites excluding steroid dienone is 1. The highest BCUT2D eigenvalue weighted by atomic mass is 16.7. The highest BCUT2D eigenvalue weighted by molar-refractivity contribution is 6.03. The number of carbonyl (C=O) groups is 2. The summed E-state index contributed by atoms with van der Waals surface area (Å²) in [7, 11) is 0. The number of amides is 1. The summed E-state index contributed by atoms with van der Waals surface area (Å²) in [5, 5.41) is 24.9. The van der Waals surface area contributed by atoms with Crippen LogP contribution in [0.4, 0.5) is 0 Å². The Hall–Kier alpha value is -5.17. The number of aldehydes is 1. The Balaban J connectivity index is 1.34. The fourth-order valence-corrected chi connectivity index (χ4v) is 9.83. The van der Waals surface area contributed by atoms with E-state index in [-0.39, 0.29) is 62.7 Å². The molecule has 1 amide bonds. The molecule has 0 aromatic heterocycles. The fourth-order valence-electron chi connectivity index (χ4n) is 9.83. The second kappa shape index (κ2) is 18.7. The topological polar surface area (TPSA) is 146 Å². The van der Waals surface area contributed by atoms with E-state index in [1.807, 2.05) is 68.1 Å². The van der Waals surface area contributed by atoms with Gasteiger partial charge in [0.2, 0.25) is 18.5 Å². The first-order valence-corrected chi connectivity index (χ1v) is 22.2. The second-order valence-corrected chi connectivity index (χ2v) is 18.2. The molecule has 0 bridgehead atoms. The Morgan fingerprint density at radius 3 is 2.45 bits per heavy atom. The number of fused-ring (bicyclic) bond motifs is 3. The van der Waals surface area contributed by atoms with Crippen LogP contribution in [0.15, 0.2) is 90.1 Å². The normalized spacial score (nSPS) is 25.2. The molecule has 2 aliphatic heterocycles. The number of oxime groups is 1. The lowest BCUT2D eigenvalue weighted by Crippen LogP contribution is -2.70. The minimum Gasteiger partial charge on any atom is -0.459 e. The summed E-state index contributed by atoms with van der Waals surface area (Å²) in [5.41, 5.74) is 3.44. The van der Waals surface area contributed by atoms with Gasteiger partial charge in [0.15, 0.2) is 11.5 Å². The van der Waals surface area contributed by atoms with Crippen LogP contribution in [0.3, 0.4) is 0 Å². The highest BCUT2D eigenvalue weighted by Crippen LogP contribution is 2.62. The van der Waals surface area contributed by atoms with Crippen molar-refractivity contribution in [2.24, 2.45) is 28.8 Å². The van der Waals surface area contributed by atoms with E-state index in [0.717, 1.165) is 67.2 Å². The summed E-state index contributed by atoms with van der Waals surface area (Å²) in [5.74, 6) is 0.980. The number of carbonyl (C=O) groups excluding carboxylic acids is 2. The van der Waals surface area contributed by atoms with E-state index in [0.29, 0.717) is 53.6 Å². The largest absolute Gasteiger partial charge is 0.459 e. The van der Waals surface area contributed by atoms with E-state index >= 15 is 0 Å². The molecule has 3 aliphatic carbocycles. The molecule has 0 spiro atoms. The standard InChI is InChI=1S/C50H60N2O10/c1-5-23-59-50-45(52(48(56)34-16-17-34)29-32-15-19-43-44(25-32)58-31-57-43)28-41(51-62-49(2,3)4)39-26-35(12-6-8-21-53)38(14-7-9-22-54)46(47(39)50)40-27-37(18-20-42(40)61-50)60-36-13-10-11-33(24-36)30-55/h5,10-11,13,15,18-20,24-27,30,34-35,38,45-47,53-54H,1,6-9,12,14,16-17,21-23,28-29,31H2,2-4H3/t35-,38+,45-,46+,47+,50+/m0/s1. The van der Waals surface area contributed by atoms with Crippen LogP contribution in [0.5, 0.6) is 28.7 Å². The highest BCUT2D eigenvalue weighted by Gasteiger charge is 2.66. The molecule has 2 saturated carbocycles. The van der Waals surface area contributed by atoms with Crippen LogP contribution in [-0.4, -0.2) is 77.1 Å². The van der Waals surface area contributed by atoms with Crippen LogP contribution < -0.4 is 18.9 Å². The van der Waals surface area contributed by atoms with Gasteiger partial charge in [-0.2, -0.15) is 0 Å². The molecule has 62 heavy (non-hydrogen) atoms. The predicted molar refractivity (Wildman–Crippen MR) is 234 cm³/mol. The number of aliphatic hydroxyl groups is 2. The lowest BCUT2D eigenvalue weighted by Gasteiger charge is -2.60. The number of benzene rings is 3. The first kappa shape index (κ1) is 43.5. The average molecular weight is 849 g/mol. The van der Waals surface area contributed by atoms with Crippen molar-refractivity contribution in [3.63, 3.8) is 0 Å². The summed E-state index contributed by atoms with van der Waals surface area (Å²) in [6.45, 7) is 10.7. The molecule has 330 valence electrons. The average Bonchev–Trinajstić information content (AvgIpc) is 4.02. The SMILES string of the molecule is C=CCO[C@@]12Oc3ccc(Oc4cccc(C=O)c4)cc3[C@H]3[C@H](CCCCO)[C@@H](CCCCO)C=C(C(=NOC(C)(C)C)C[C@@H]1N(Cc1ccc4c(c1)OCO4)C(=O)C1CC1)[C@H]32. The molecule has 3 aromatic rings. The molecular formula is C50H60N2O10. The third kappa shape index (κ3) is 9.14.